The van der Waals surface area contributed by atoms with Gasteiger partial charge in [-0.15, -0.1) is 0 Å². The Morgan fingerprint density at radius 2 is 1.91 bits per heavy atom. The minimum absolute atomic E-state index is 0.0957. The van der Waals surface area contributed by atoms with Crippen LogP contribution in [-0.2, 0) is 33.9 Å². The summed E-state index contributed by atoms with van der Waals surface area (Å²) in [6.45, 7) is 5.75. The first kappa shape index (κ1) is 21.6. The van der Waals surface area contributed by atoms with Gasteiger partial charge in [0.1, 0.15) is 6.61 Å². The molecule has 0 fully saturated rings. The molecule has 1 unspecified atom stereocenters. The molecule has 0 saturated heterocycles. The van der Waals surface area contributed by atoms with Crippen LogP contribution in [0, 0.1) is 5.92 Å². The van der Waals surface area contributed by atoms with Crippen LogP contribution in [0.2, 0.25) is 0 Å². The van der Waals surface area contributed by atoms with Gasteiger partial charge in [-0.2, -0.15) is 0 Å². The summed E-state index contributed by atoms with van der Waals surface area (Å²) in [5.41, 5.74) is 0. The van der Waals surface area contributed by atoms with Gasteiger partial charge >= 0.3 is 11.9 Å². The van der Waals surface area contributed by atoms with Gasteiger partial charge in [0.2, 0.25) is 16.1 Å². The van der Waals surface area contributed by atoms with E-state index in [1.165, 1.54) is 19.9 Å². The second-order valence-corrected chi connectivity index (χ2v) is 7.70. The maximum atomic E-state index is 11.9. The maximum Gasteiger partial charge on any atom is 0.349 e. The van der Waals surface area contributed by atoms with Gasteiger partial charge in [0, 0.05) is 12.7 Å². The van der Waals surface area contributed by atoms with E-state index in [0.717, 1.165) is 18.0 Å². The van der Waals surface area contributed by atoms with Gasteiger partial charge in [-0.1, -0.05) is 31.3 Å². The van der Waals surface area contributed by atoms with Crippen LogP contribution in [0.3, 0.4) is 0 Å². The standard InChI is InChI=1S/C13H21NO7S2/c1-5-6-20-13(17)11(7-14-23(4,18)19)21-12(16)9(2)8-22-10(3)15/h5,9,11,14H,1,6-8H2,2-4H3/t9-,11?/m1/s1. The van der Waals surface area contributed by atoms with Crippen molar-refractivity contribution in [2.24, 2.45) is 5.92 Å². The van der Waals surface area contributed by atoms with E-state index in [2.05, 4.69) is 11.3 Å². The molecule has 0 bridgehead atoms. The first-order chi connectivity index (χ1) is 10.6. The van der Waals surface area contributed by atoms with E-state index in [-0.39, 0.29) is 17.5 Å². The Balaban J connectivity index is 4.77. The van der Waals surface area contributed by atoms with Crippen LogP contribution in [0.15, 0.2) is 12.7 Å². The van der Waals surface area contributed by atoms with Crippen molar-refractivity contribution < 1.29 is 32.3 Å². The zero-order valence-electron chi connectivity index (χ0n) is 13.2. The Kier molecular flexibility index (Phi) is 9.77. The van der Waals surface area contributed by atoms with Crippen LogP contribution in [0.1, 0.15) is 13.8 Å². The molecule has 8 nitrogen and oxygen atoms in total. The molecular formula is C13H21NO7S2. The van der Waals surface area contributed by atoms with Gasteiger partial charge < -0.3 is 9.47 Å². The number of sulfonamides is 1. The van der Waals surface area contributed by atoms with Crippen molar-refractivity contribution in [1.82, 2.24) is 4.72 Å². The fourth-order valence-electron chi connectivity index (χ4n) is 1.20. The van der Waals surface area contributed by atoms with Gasteiger partial charge in [0.05, 0.1) is 18.7 Å². The predicted octanol–water partition coefficient (Wildman–Crippen LogP) is 0.0924. The van der Waals surface area contributed by atoms with Crippen LogP contribution in [0.5, 0.6) is 0 Å². The Morgan fingerprint density at radius 3 is 2.39 bits per heavy atom. The molecule has 0 aromatic heterocycles. The van der Waals surface area contributed by atoms with E-state index >= 15 is 0 Å². The molecule has 0 heterocycles. The molecule has 0 aromatic carbocycles. The number of hydrogen-bond donors (Lipinski definition) is 1. The highest BCUT2D eigenvalue weighted by Gasteiger charge is 2.28. The Morgan fingerprint density at radius 1 is 1.30 bits per heavy atom. The Labute approximate surface area is 140 Å². The number of carbonyl (C=O) groups is 3. The highest BCUT2D eigenvalue weighted by Crippen LogP contribution is 2.12. The zero-order chi connectivity index (χ0) is 18.0. The van der Waals surface area contributed by atoms with Gasteiger partial charge in [-0.3, -0.25) is 9.59 Å². The van der Waals surface area contributed by atoms with E-state index in [1.54, 1.807) is 0 Å². The second kappa shape index (κ2) is 10.4. The van der Waals surface area contributed by atoms with Crippen molar-refractivity contribution in [2.75, 3.05) is 25.2 Å². The molecule has 10 heteroatoms. The van der Waals surface area contributed by atoms with Crippen molar-refractivity contribution in [3.05, 3.63) is 12.7 Å². The summed E-state index contributed by atoms with van der Waals surface area (Å²) >= 11 is 0.954. The van der Waals surface area contributed by atoms with Crippen LogP contribution < -0.4 is 4.72 Å². The zero-order valence-corrected chi connectivity index (χ0v) is 14.9. The Bertz CT molecular complexity index is 545. The smallest absolute Gasteiger partial charge is 0.349 e. The molecule has 0 aliphatic rings. The second-order valence-electron chi connectivity index (χ2n) is 4.67. The lowest BCUT2D eigenvalue weighted by molar-refractivity contribution is -0.168. The third-order valence-corrected chi connectivity index (χ3v) is 4.10. The normalized spacial score (nSPS) is 13.7. The molecule has 0 rings (SSSR count). The van der Waals surface area contributed by atoms with E-state index in [0.29, 0.717) is 0 Å². The quantitative estimate of drug-likeness (QED) is 0.427. The number of hydrogen-bond acceptors (Lipinski definition) is 8. The number of nitrogens with one attached hydrogen (secondary N) is 1. The molecule has 0 aromatic rings. The fraction of sp³-hybridized carbons (Fsp3) is 0.615. The molecule has 23 heavy (non-hydrogen) atoms. The highest BCUT2D eigenvalue weighted by molar-refractivity contribution is 8.13. The van der Waals surface area contributed by atoms with Crippen molar-refractivity contribution in [2.45, 2.75) is 20.0 Å². The van der Waals surface area contributed by atoms with E-state index in [1.807, 2.05) is 0 Å². The number of thioether (sulfide) groups is 1. The molecule has 0 aliphatic carbocycles. The number of carbonyl (C=O) groups excluding carboxylic acids is 3. The number of esters is 2. The molecular weight excluding hydrogens is 346 g/mol. The maximum absolute atomic E-state index is 11.9. The molecule has 2 atom stereocenters. The molecule has 0 amide bonds. The lowest BCUT2D eigenvalue weighted by atomic mass is 10.2. The number of ether oxygens (including phenoxy) is 2. The van der Waals surface area contributed by atoms with Gasteiger partial charge in [-0.25, -0.2) is 17.9 Å². The van der Waals surface area contributed by atoms with Gasteiger partial charge in [0.15, 0.2) is 5.12 Å². The van der Waals surface area contributed by atoms with Crippen molar-refractivity contribution in [3.63, 3.8) is 0 Å². The van der Waals surface area contributed by atoms with Crippen LogP contribution >= 0.6 is 11.8 Å². The van der Waals surface area contributed by atoms with E-state index < -0.39 is 40.5 Å². The molecule has 0 aliphatic heterocycles. The SMILES string of the molecule is C=CCOC(=O)C(CNS(C)(=O)=O)OC(=O)[C@H](C)CSC(C)=O. The van der Waals surface area contributed by atoms with E-state index in [4.69, 9.17) is 9.47 Å². The molecule has 0 spiro atoms. The summed E-state index contributed by atoms with van der Waals surface area (Å²) in [5.74, 6) is -2.06. The summed E-state index contributed by atoms with van der Waals surface area (Å²) in [6.07, 6.45) is 0.821. The summed E-state index contributed by atoms with van der Waals surface area (Å²) in [5, 5.41) is -0.148. The summed E-state index contributed by atoms with van der Waals surface area (Å²) < 4.78 is 34.1. The van der Waals surface area contributed by atoms with Crippen molar-refractivity contribution >= 4 is 38.8 Å². The average molecular weight is 367 g/mol. The molecule has 1 N–H and O–H groups in total. The minimum Gasteiger partial charge on any atom is -0.459 e. The average Bonchev–Trinajstić information content (AvgIpc) is 2.45. The summed E-state index contributed by atoms with van der Waals surface area (Å²) in [7, 11) is -3.57. The van der Waals surface area contributed by atoms with Gasteiger partial charge in [-0.05, 0) is 0 Å². The third kappa shape index (κ3) is 10.9. The molecule has 0 radical (unpaired) electrons. The van der Waals surface area contributed by atoms with Crippen molar-refractivity contribution in [1.29, 1.82) is 0 Å². The summed E-state index contributed by atoms with van der Waals surface area (Å²) in [6, 6.07) is 0. The topological polar surface area (TPSA) is 116 Å². The fourth-order valence-corrected chi connectivity index (χ4v) is 2.28. The van der Waals surface area contributed by atoms with Crippen LogP contribution in [-0.4, -0.2) is 56.7 Å². The first-order valence-corrected chi connectivity index (χ1v) is 9.50. The predicted molar refractivity (Wildman–Crippen MR) is 86.2 cm³/mol. The largest absolute Gasteiger partial charge is 0.459 e. The monoisotopic (exact) mass is 367 g/mol. The van der Waals surface area contributed by atoms with Gasteiger partial charge in [0.25, 0.3) is 0 Å². The Hall–Kier alpha value is -1.39. The lowest BCUT2D eigenvalue weighted by Gasteiger charge is -2.18. The van der Waals surface area contributed by atoms with E-state index in [9.17, 15) is 22.8 Å². The van der Waals surface area contributed by atoms with Crippen LogP contribution in [0.4, 0.5) is 0 Å². The molecule has 132 valence electrons. The van der Waals surface area contributed by atoms with Crippen LogP contribution in [0.25, 0.3) is 0 Å². The highest BCUT2D eigenvalue weighted by atomic mass is 32.2. The molecule has 0 saturated carbocycles. The lowest BCUT2D eigenvalue weighted by Crippen LogP contribution is -2.41. The van der Waals surface area contributed by atoms with Crippen molar-refractivity contribution in [3.8, 4) is 0 Å². The first-order valence-electron chi connectivity index (χ1n) is 6.62. The number of rotatable bonds is 10. The summed E-state index contributed by atoms with van der Waals surface area (Å²) in [4.78, 5) is 34.6. The third-order valence-electron chi connectivity index (χ3n) is 2.33. The minimum atomic E-state index is -3.57.